The van der Waals surface area contributed by atoms with E-state index < -0.39 is 17.5 Å². The van der Waals surface area contributed by atoms with E-state index >= 15 is 0 Å². The van der Waals surface area contributed by atoms with Gasteiger partial charge in [-0.3, -0.25) is 4.98 Å². The van der Waals surface area contributed by atoms with Gasteiger partial charge in [-0.05, 0) is 36.6 Å². The van der Waals surface area contributed by atoms with Crippen LogP contribution >= 0.6 is 0 Å². The third kappa shape index (κ3) is 3.84. The van der Waals surface area contributed by atoms with Crippen LogP contribution in [0.3, 0.4) is 0 Å². The average Bonchev–Trinajstić information content (AvgIpc) is 2.55. The van der Waals surface area contributed by atoms with Gasteiger partial charge in [-0.2, -0.15) is 13.2 Å². The minimum absolute atomic E-state index is 0.528. The molecule has 1 fully saturated rings. The number of anilines is 1. The lowest BCUT2D eigenvalue weighted by molar-refractivity contribution is -0.141. The largest absolute Gasteiger partial charge is 0.433 e. The van der Waals surface area contributed by atoms with Crippen molar-refractivity contribution < 1.29 is 18.3 Å². The number of pyridine rings is 2. The van der Waals surface area contributed by atoms with E-state index in [0.717, 1.165) is 11.6 Å². The summed E-state index contributed by atoms with van der Waals surface area (Å²) >= 11 is 0. The van der Waals surface area contributed by atoms with Gasteiger partial charge >= 0.3 is 6.18 Å². The van der Waals surface area contributed by atoms with E-state index in [0.29, 0.717) is 38.0 Å². The second kappa shape index (κ2) is 6.39. The molecule has 2 aromatic rings. The van der Waals surface area contributed by atoms with Crippen LogP contribution in [0.5, 0.6) is 0 Å². The lowest BCUT2D eigenvalue weighted by atomic mass is 9.85. The molecule has 0 bridgehead atoms. The van der Waals surface area contributed by atoms with Gasteiger partial charge in [-0.1, -0.05) is 6.07 Å². The van der Waals surface area contributed by atoms with Crippen LogP contribution in [0.1, 0.15) is 24.1 Å². The van der Waals surface area contributed by atoms with Gasteiger partial charge in [-0.15, -0.1) is 0 Å². The van der Waals surface area contributed by atoms with Crippen molar-refractivity contribution in [1.29, 1.82) is 0 Å². The van der Waals surface area contributed by atoms with Crippen LogP contribution < -0.4 is 4.90 Å². The molecule has 4 nitrogen and oxygen atoms in total. The maximum Gasteiger partial charge on any atom is 0.433 e. The smallest absolute Gasteiger partial charge is 0.389 e. The summed E-state index contributed by atoms with van der Waals surface area (Å²) in [6.45, 7) is 1.15. The molecule has 0 unspecified atom stereocenters. The SMILES string of the molecule is OC1(Cc2cccnc2)CCN(c2ccc(C(F)(F)F)nc2)CC1. The van der Waals surface area contributed by atoms with Crippen molar-refractivity contribution in [3.05, 3.63) is 54.1 Å². The predicted octanol–water partition coefficient (Wildman–Crippen LogP) is 3.07. The molecule has 0 saturated carbocycles. The van der Waals surface area contributed by atoms with E-state index in [-0.39, 0.29) is 0 Å². The summed E-state index contributed by atoms with van der Waals surface area (Å²) in [4.78, 5) is 9.49. The molecule has 3 heterocycles. The number of piperidine rings is 1. The van der Waals surface area contributed by atoms with E-state index in [1.165, 1.54) is 12.3 Å². The number of aliphatic hydroxyl groups is 1. The van der Waals surface area contributed by atoms with Crippen molar-refractivity contribution in [3.63, 3.8) is 0 Å². The molecular formula is C17H18F3N3O. The maximum atomic E-state index is 12.6. The molecule has 24 heavy (non-hydrogen) atoms. The quantitative estimate of drug-likeness (QED) is 0.935. The van der Waals surface area contributed by atoms with Crippen molar-refractivity contribution in [1.82, 2.24) is 9.97 Å². The first-order chi connectivity index (χ1) is 11.4. The Kier molecular flexibility index (Phi) is 4.45. The molecule has 0 aromatic carbocycles. The number of halogens is 3. The molecule has 0 radical (unpaired) electrons. The van der Waals surface area contributed by atoms with Gasteiger partial charge in [-0.25, -0.2) is 4.98 Å². The fraction of sp³-hybridized carbons (Fsp3) is 0.412. The van der Waals surface area contributed by atoms with E-state index in [2.05, 4.69) is 9.97 Å². The molecule has 0 amide bonds. The maximum absolute atomic E-state index is 12.6. The fourth-order valence-corrected chi connectivity index (χ4v) is 2.98. The number of hydrogen-bond donors (Lipinski definition) is 1. The summed E-state index contributed by atoms with van der Waals surface area (Å²) in [7, 11) is 0. The molecular weight excluding hydrogens is 319 g/mol. The molecule has 3 rings (SSSR count). The monoisotopic (exact) mass is 337 g/mol. The van der Waals surface area contributed by atoms with Crippen molar-refractivity contribution in [3.8, 4) is 0 Å². The van der Waals surface area contributed by atoms with Crippen LogP contribution in [0.2, 0.25) is 0 Å². The van der Waals surface area contributed by atoms with Gasteiger partial charge in [0.15, 0.2) is 0 Å². The first kappa shape index (κ1) is 16.7. The lowest BCUT2D eigenvalue weighted by Crippen LogP contribution is -2.45. The van der Waals surface area contributed by atoms with Crippen LogP contribution in [0.25, 0.3) is 0 Å². The Morgan fingerprint density at radius 3 is 2.42 bits per heavy atom. The Hall–Kier alpha value is -2.15. The second-order valence-electron chi connectivity index (χ2n) is 6.15. The Morgan fingerprint density at radius 2 is 1.88 bits per heavy atom. The third-order valence-electron chi connectivity index (χ3n) is 4.35. The summed E-state index contributed by atoms with van der Waals surface area (Å²) in [6.07, 6.45) is 1.86. The number of rotatable bonds is 3. The zero-order valence-electron chi connectivity index (χ0n) is 13.0. The standard InChI is InChI=1S/C17H18F3N3O/c18-17(19,20)15-4-3-14(12-22-15)23-8-5-16(24,6-9-23)10-13-2-1-7-21-11-13/h1-4,7,11-12,24H,5-6,8-10H2. The molecule has 0 spiro atoms. The number of alkyl halides is 3. The van der Waals surface area contributed by atoms with Gasteiger partial charge in [0.2, 0.25) is 0 Å². The van der Waals surface area contributed by atoms with Gasteiger partial charge in [0.05, 0.1) is 17.5 Å². The van der Waals surface area contributed by atoms with E-state index in [1.54, 1.807) is 12.4 Å². The summed E-state index contributed by atoms with van der Waals surface area (Å²) < 4.78 is 37.7. The molecule has 0 aliphatic carbocycles. The van der Waals surface area contributed by atoms with Crippen molar-refractivity contribution in [2.45, 2.75) is 31.0 Å². The molecule has 1 saturated heterocycles. The van der Waals surface area contributed by atoms with Crippen molar-refractivity contribution >= 4 is 5.69 Å². The van der Waals surface area contributed by atoms with Crippen LogP contribution in [-0.4, -0.2) is 33.8 Å². The van der Waals surface area contributed by atoms with Gasteiger partial charge in [0, 0.05) is 31.9 Å². The Bertz CT molecular complexity index is 666. The summed E-state index contributed by atoms with van der Waals surface area (Å²) in [6, 6.07) is 6.19. The first-order valence-corrected chi connectivity index (χ1v) is 7.75. The highest BCUT2D eigenvalue weighted by Crippen LogP contribution is 2.31. The topological polar surface area (TPSA) is 49.3 Å². The van der Waals surface area contributed by atoms with E-state index in [9.17, 15) is 18.3 Å². The van der Waals surface area contributed by atoms with Gasteiger partial charge in [0.25, 0.3) is 0 Å². The molecule has 2 aromatic heterocycles. The molecule has 128 valence electrons. The minimum atomic E-state index is -4.43. The molecule has 7 heteroatoms. The lowest BCUT2D eigenvalue weighted by Gasteiger charge is -2.39. The molecule has 1 aliphatic rings. The zero-order chi connectivity index (χ0) is 17.2. The van der Waals surface area contributed by atoms with Gasteiger partial charge in [0.1, 0.15) is 5.69 Å². The number of aromatic nitrogens is 2. The van der Waals surface area contributed by atoms with Gasteiger partial charge < -0.3 is 10.0 Å². The summed E-state index contributed by atoms with van der Waals surface area (Å²) in [5.74, 6) is 0. The van der Waals surface area contributed by atoms with Crippen LogP contribution in [0, 0.1) is 0 Å². The highest BCUT2D eigenvalue weighted by Gasteiger charge is 2.34. The summed E-state index contributed by atoms with van der Waals surface area (Å²) in [5.41, 5.74) is -0.0776. The van der Waals surface area contributed by atoms with Crippen LogP contribution in [0.15, 0.2) is 42.9 Å². The highest BCUT2D eigenvalue weighted by atomic mass is 19.4. The number of nitrogens with zero attached hydrogens (tertiary/aromatic N) is 3. The molecule has 0 atom stereocenters. The Balaban J connectivity index is 1.62. The highest BCUT2D eigenvalue weighted by molar-refractivity contribution is 5.45. The minimum Gasteiger partial charge on any atom is -0.389 e. The molecule has 1 aliphatic heterocycles. The van der Waals surface area contributed by atoms with Crippen LogP contribution in [-0.2, 0) is 12.6 Å². The first-order valence-electron chi connectivity index (χ1n) is 7.75. The van der Waals surface area contributed by atoms with Crippen molar-refractivity contribution in [2.24, 2.45) is 0 Å². The van der Waals surface area contributed by atoms with Crippen molar-refractivity contribution in [2.75, 3.05) is 18.0 Å². The van der Waals surface area contributed by atoms with E-state index in [4.69, 9.17) is 0 Å². The zero-order valence-corrected chi connectivity index (χ0v) is 13.0. The Morgan fingerprint density at radius 1 is 1.12 bits per heavy atom. The average molecular weight is 337 g/mol. The third-order valence-corrected chi connectivity index (χ3v) is 4.35. The Labute approximate surface area is 138 Å². The fourth-order valence-electron chi connectivity index (χ4n) is 2.98. The number of hydrogen-bond acceptors (Lipinski definition) is 4. The molecule has 1 N–H and O–H groups in total. The predicted molar refractivity (Wildman–Crippen MR) is 83.6 cm³/mol. The normalized spacial score (nSPS) is 17.8. The second-order valence-corrected chi connectivity index (χ2v) is 6.15. The van der Waals surface area contributed by atoms with Crippen LogP contribution in [0.4, 0.5) is 18.9 Å². The van der Waals surface area contributed by atoms with E-state index in [1.807, 2.05) is 17.0 Å². The summed E-state index contributed by atoms with van der Waals surface area (Å²) in [5, 5.41) is 10.7.